The summed E-state index contributed by atoms with van der Waals surface area (Å²) in [7, 11) is 1.85. The van der Waals surface area contributed by atoms with Crippen molar-refractivity contribution in [2.75, 3.05) is 13.6 Å². The monoisotopic (exact) mass is 337 g/mol. The smallest absolute Gasteiger partial charge is 0.223 e. The molecule has 1 aliphatic carbocycles. The number of imidazole rings is 1. The highest BCUT2D eigenvalue weighted by molar-refractivity contribution is 6.50. The van der Waals surface area contributed by atoms with Gasteiger partial charge in [-0.1, -0.05) is 12.1 Å². The number of likely N-dealkylation sites (N-methyl/N-ethyl adjacent to an activating group) is 1. The molecule has 1 aromatic carbocycles. The van der Waals surface area contributed by atoms with Gasteiger partial charge in [0.1, 0.15) is 10.2 Å². The Kier molecular flexibility index (Phi) is 3.17. The van der Waals surface area contributed by atoms with Gasteiger partial charge in [0, 0.05) is 38.4 Å². The molecule has 1 aliphatic heterocycles. The average Bonchev–Trinajstić information content (AvgIpc) is 2.81. The fourth-order valence-electron chi connectivity index (χ4n) is 3.32. The van der Waals surface area contributed by atoms with Crippen LogP contribution < -0.4 is 0 Å². The summed E-state index contributed by atoms with van der Waals surface area (Å²) in [5, 5.41) is 0. The minimum atomic E-state index is -0.606. The Balaban J connectivity index is 1.75. The molecule has 116 valence electrons. The van der Waals surface area contributed by atoms with Gasteiger partial charge in [0.2, 0.25) is 5.91 Å². The van der Waals surface area contributed by atoms with Crippen LogP contribution in [0.25, 0.3) is 11.0 Å². The van der Waals surface area contributed by atoms with Crippen LogP contribution in [0.2, 0.25) is 0 Å². The quantitative estimate of drug-likeness (QED) is 0.807. The zero-order valence-corrected chi connectivity index (χ0v) is 13.8. The predicted octanol–water partition coefficient (Wildman–Crippen LogP) is 3.18. The van der Waals surface area contributed by atoms with Gasteiger partial charge < -0.3 is 9.47 Å². The molecular weight excluding hydrogens is 321 g/mol. The number of benzene rings is 1. The molecule has 0 bridgehead atoms. The summed E-state index contributed by atoms with van der Waals surface area (Å²) in [4.78, 5) is 18.4. The van der Waals surface area contributed by atoms with Crippen molar-refractivity contribution in [3.05, 3.63) is 30.1 Å². The van der Waals surface area contributed by atoms with Crippen LogP contribution in [0.3, 0.4) is 0 Å². The second kappa shape index (κ2) is 4.87. The number of rotatable bonds is 3. The van der Waals surface area contributed by atoms with E-state index in [0.717, 1.165) is 36.4 Å². The van der Waals surface area contributed by atoms with Crippen LogP contribution in [-0.4, -0.2) is 38.3 Å². The topological polar surface area (TPSA) is 38.1 Å². The van der Waals surface area contributed by atoms with E-state index in [1.165, 1.54) is 0 Å². The van der Waals surface area contributed by atoms with Crippen LogP contribution in [0.1, 0.15) is 24.6 Å². The Morgan fingerprint density at radius 3 is 2.73 bits per heavy atom. The fraction of sp³-hybridized carbons (Fsp3) is 0.500. The van der Waals surface area contributed by atoms with Gasteiger partial charge in [0.15, 0.2) is 0 Å². The number of hydrogen-bond acceptors (Lipinski definition) is 2. The van der Waals surface area contributed by atoms with E-state index in [0.29, 0.717) is 6.42 Å². The first-order valence-corrected chi connectivity index (χ1v) is 8.28. The Hall–Kier alpha value is -1.26. The van der Waals surface area contributed by atoms with Crippen molar-refractivity contribution >= 4 is 40.1 Å². The van der Waals surface area contributed by atoms with E-state index in [-0.39, 0.29) is 17.7 Å². The van der Waals surface area contributed by atoms with E-state index in [9.17, 15) is 4.79 Å². The Bertz CT molecular complexity index is 755. The number of aromatic nitrogens is 2. The van der Waals surface area contributed by atoms with Crippen LogP contribution in [0.4, 0.5) is 0 Å². The third-order valence-corrected chi connectivity index (χ3v) is 5.67. The molecule has 0 unspecified atom stereocenters. The molecule has 2 fully saturated rings. The molecule has 22 heavy (non-hydrogen) atoms. The van der Waals surface area contributed by atoms with Crippen molar-refractivity contribution in [2.24, 2.45) is 5.92 Å². The van der Waals surface area contributed by atoms with Gasteiger partial charge in [-0.25, -0.2) is 4.98 Å². The molecule has 2 aliphatic rings. The van der Waals surface area contributed by atoms with Gasteiger partial charge in [-0.3, -0.25) is 4.79 Å². The molecule has 0 radical (unpaired) electrons. The summed E-state index contributed by atoms with van der Waals surface area (Å²) >= 11 is 12.4. The largest absolute Gasteiger partial charge is 0.345 e. The van der Waals surface area contributed by atoms with Crippen molar-refractivity contribution < 1.29 is 4.79 Å². The number of carbonyl (C=O) groups excluding carboxylic acids is 1. The van der Waals surface area contributed by atoms with Crippen LogP contribution in [0, 0.1) is 5.92 Å². The first-order valence-electron chi connectivity index (χ1n) is 7.52. The fourth-order valence-corrected chi connectivity index (χ4v) is 3.83. The molecule has 0 spiro atoms. The Morgan fingerprint density at radius 2 is 2.09 bits per heavy atom. The molecule has 1 saturated heterocycles. The maximum atomic E-state index is 11.9. The maximum Gasteiger partial charge on any atom is 0.223 e. The zero-order valence-electron chi connectivity index (χ0n) is 12.3. The molecule has 4 rings (SSSR count). The number of para-hydroxylation sites is 2. The molecule has 1 amide bonds. The molecule has 0 N–H and O–H groups in total. The van der Waals surface area contributed by atoms with E-state index in [4.69, 9.17) is 28.2 Å². The van der Waals surface area contributed by atoms with Crippen molar-refractivity contribution in [1.29, 1.82) is 0 Å². The SMILES string of the molecule is CN1C[C@@H](c2nc3ccccc3n2C[C@H]2CC2(Cl)Cl)CC1=O. The lowest BCUT2D eigenvalue weighted by Gasteiger charge is -2.14. The summed E-state index contributed by atoms with van der Waals surface area (Å²) in [5.74, 6) is 1.56. The zero-order chi connectivity index (χ0) is 15.5. The maximum absolute atomic E-state index is 11.9. The van der Waals surface area contributed by atoms with Crippen LogP contribution in [0.15, 0.2) is 24.3 Å². The lowest BCUT2D eigenvalue weighted by molar-refractivity contribution is -0.126. The van der Waals surface area contributed by atoms with E-state index >= 15 is 0 Å². The van der Waals surface area contributed by atoms with Gasteiger partial charge in [-0.2, -0.15) is 0 Å². The first-order chi connectivity index (χ1) is 10.5. The molecule has 2 heterocycles. The summed E-state index contributed by atoms with van der Waals surface area (Å²) in [6, 6.07) is 8.08. The van der Waals surface area contributed by atoms with Crippen molar-refractivity contribution in [1.82, 2.24) is 14.5 Å². The van der Waals surface area contributed by atoms with Crippen molar-refractivity contribution in [2.45, 2.75) is 29.6 Å². The van der Waals surface area contributed by atoms with E-state index < -0.39 is 4.33 Å². The van der Waals surface area contributed by atoms with Crippen LogP contribution in [0.5, 0.6) is 0 Å². The van der Waals surface area contributed by atoms with E-state index in [1.807, 2.05) is 25.2 Å². The second-order valence-electron chi connectivity index (χ2n) is 6.41. The minimum absolute atomic E-state index is 0.142. The van der Waals surface area contributed by atoms with Gasteiger partial charge >= 0.3 is 0 Å². The molecule has 2 aromatic rings. The number of likely N-dealkylation sites (tertiary alicyclic amines) is 1. The molecule has 4 nitrogen and oxygen atoms in total. The van der Waals surface area contributed by atoms with Gasteiger partial charge in [0.25, 0.3) is 0 Å². The highest BCUT2D eigenvalue weighted by atomic mass is 35.5. The summed E-state index contributed by atoms with van der Waals surface area (Å²) in [6.45, 7) is 1.48. The number of carbonyl (C=O) groups is 1. The molecule has 2 atom stereocenters. The number of halogens is 2. The number of nitrogens with zero attached hydrogens (tertiary/aromatic N) is 3. The second-order valence-corrected chi connectivity index (χ2v) is 7.95. The number of hydrogen-bond donors (Lipinski definition) is 0. The van der Waals surface area contributed by atoms with Crippen LogP contribution in [-0.2, 0) is 11.3 Å². The summed E-state index contributed by atoms with van der Waals surface area (Å²) in [6.07, 6.45) is 1.34. The number of fused-ring (bicyclic) bond motifs is 1. The van der Waals surface area contributed by atoms with Gasteiger partial charge in [-0.15, -0.1) is 23.2 Å². The minimum Gasteiger partial charge on any atom is -0.345 e. The number of alkyl halides is 2. The van der Waals surface area contributed by atoms with E-state index in [2.05, 4.69) is 10.6 Å². The highest BCUT2D eigenvalue weighted by Gasteiger charge is 2.52. The summed E-state index contributed by atoms with van der Waals surface area (Å²) in [5.41, 5.74) is 2.06. The summed E-state index contributed by atoms with van der Waals surface area (Å²) < 4.78 is 1.61. The Morgan fingerprint density at radius 1 is 1.36 bits per heavy atom. The third kappa shape index (κ3) is 2.29. The average molecular weight is 338 g/mol. The number of amides is 1. The highest BCUT2D eigenvalue weighted by Crippen LogP contribution is 2.54. The van der Waals surface area contributed by atoms with Gasteiger partial charge in [-0.05, 0) is 18.6 Å². The van der Waals surface area contributed by atoms with Crippen molar-refractivity contribution in [3.63, 3.8) is 0 Å². The predicted molar refractivity (Wildman–Crippen MR) is 87.3 cm³/mol. The molecular formula is C16H17Cl2N3O. The lowest BCUT2D eigenvalue weighted by atomic mass is 10.1. The third-order valence-electron chi connectivity index (χ3n) is 4.75. The molecule has 1 saturated carbocycles. The lowest BCUT2D eigenvalue weighted by Crippen LogP contribution is -2.19. The van der Waals surface area contributed by atoms with Crippen molar-refractivity contribution in [3.8, 4) is 0 Å². The normalized spacial score (nSPS) is 26.9. The van der Waals surface area contributed by atoms with E-state index in [1.54, 1.807) is 4.90 Å². The first kappa shape index (κ1) is 14.3. The molecule has 1 aromatic heterocycles. The van der Waals surface area contributed by atoms with Gasteiger partial charge in [0.05, 0.1) is 11.0 Å². The standard InChI is InChI=1S/C16H17Cl2N3O/c1-20-8-10(6-14(20)22)15-19-12-4-2-3-5-13(12)21(15)9-11-7-16(11,17)18/h2-5,10-11H,6-9H2,1H3/t10-,11+/m0/s1. The van der Waals surface area contributed by atoms with Crippen LogP contribution >= 0.6 is 23.2 Å². The molecule has 6 heteroatoms. The Labute approximate surface area is 139 Å².